The van der Waals surface area contributed by atoms with E-state index in [9.17, 15) is 14.5 Å². The molecule has 1 aromatic carbocycles. The SMILES string of the molecule is CC(C#N)CN(C)Cc1ccc([N+](=O)[O-])c(F)c1. The zero-order valence-electron chi connectivity index (χ0n) is 10.3. The molecule has 1 aromatic rings. The Morgan fingerprint density at radius 2 is 2.28 bits per heavy atom. The van der Waals surface area contributed by atoms with Gasteiger partial charge in [0.05, 0.1) is 16.9 Å². The van der Waals surface area contributed by atoms with E-state index in [1.807, 2.05) is 11.9 Å². The molecule has 0 N–H and O–H groups in total. The zero-order chi connectivity index (χ0) is 13.7. The zero-order valence-corrected chi connectivity index (χ0v) is 10.3. The predicted octanol–water partition coefficient (Wildman–Crippen LogP) is 2.33. The van der Waals surface area contributed by atoms with Crippen molar-refractivity contribution in [1.29, 1.82) is 5.26 Å². The van der Waals surface area contributed by atoms with Crippen LogP contribution < -0.4 is 0 Å². The highest BCUT2D eigenvalue weighted by Gasteiger charge is 2.14. The maximum absolute atomic E-state index is 13.4. The lowest BCUT2D eigenvalue weighted by molar-refractivity contribution is -0.387. The second-order valence-electron chi connectivity index (χ2n) is 4.27. The fourth-order valence-electron chi connectivity index (χ4n) is 1.68. The number of hydrogen-bond donors (Lipinski definition) is 0. The van der Waals surface area contributed by atoms with Crippen molar-refractivity contribution in [2.24, 2.45) is 5.92 Å². The summed E-state index contributed by atoms with van der Waals surface area (Å²) in [5.74, 6) is -0.947. The molecule has 0 saturated heterocycles. The minimum atomic E-state index is -0.834. The summed E-state index contributed by atoms with van der Waals surface area (Å²) in [6.07, 6.45) is 0. The maximum atomic E-state index is 13.4. The standard InChI is InChI=1S/C12H14FN3O2/c1-9(6-14)7-15(2)8-10-3-4-12(16(17)18)11(13)5-10/h3-5,9H,7-8H2,1-2H3. The third-order valence-electron chi connectivity index (χ3n) is 2.47. The Balaban J connectivity index is 2.72. The van der Waals surface area contributed by atoms with Gasteiger partial charge in [0.15, 0.2) is 0 Å². The molecule has 0 spiro atoms. The van der Waals surface area contributed by atoms with E-state index in [0.717, 1.165) is 12.1 Å². The smallest absolute Gasteiger partial charge is 0.301 e. The summed E-state index contributed by atoms with van der Waals surface area (Å²) in [6.45, 7) is 2.81. The van der Waals surface area contributed by atoms with Crippen molar-refractivity contribution in [3.05, 3.63) is 39.7 Å². The first-order valence-corrected chi connectivity index (χ1v) is 5.45. The Labute approximate surface area is 105 Å². The summed E-state index contributed by atoms with van der Waals surface area (Å²) >= 11 is 0. The average molecular weight is 251 g/mol. The molecule has 0 amide bonds. The van der Waals surface area contributed by atoms with Gasteiger partial charge in [-0.25, -0.2) is 0 Å². The quantitative estimate of drug-likeness (QED) is 0.594. The van der Waals surface area contributed by atoms with E-state index in [4.69, 9.17) is 5.26 Å². The summed E-state index contributed by atoms with van der Waals surface area (Å²) in [6, 6.07) is 5.95. The fraction of sp³-hybridized carbons (Fsp3) is 0.417. The molecule has 6 heteroatoms. The van der Waals surface area contributed by atoms with Gasteiger partial charge in [0.2, 0.25) is 5.82 Å². The van der Waals surface area contributed by atoms with Gasteiger partial charge < -0.3 is 4.90 Å². The Bertz CT molecular complexity index is 485. The molecule has 0 aliphatic heterocycles. The number of hydrogen-bond acceptors (Lipinski definition) is 4. The highest BCUT2D eigenvalue weighted by atomic mass is 19.1. The monoisotopic (exact) mass is 251 g/mol. The van der Waals surface area contributed by atoms with E-state index in [-0.39, 0.29) is 5.92 Å². The van der Waals surface area contributed by atoms with Crippen molar-refractivity contribution in [1.82, 2.24) is 4.90 Å². The number of nitro benzene ring substituents is 1. The van der Waals surface area contributed by atoms with Gasteiger partial charge in [0.25, 0.3) is 0 Å². The number of benzene rings is 1. The first-order chi connectivity index (χ1) is 8.43. The average Bonchev–Trinajstić information content (AvgIpc) is 2.28. The molecule has 1 rings (SSSR count). The van der Waals surface area contributed by atoms with Crippen LogP contribution in [0.4, 0.5) is 10.1 Å². The van der Waals surface area contributed by atoms with E-state index >= 15 is 0 Å². The second kappa shape index (κ2) is 6.07. The molecule has 1 atom stereocenters. The van der Waals surface area contributed by atoms with E-state index in [1.165, 1.54) is 6.07 Å². The van der Waals surface area contributed by atoms with Crippen LogP contribution in [0.15, 0.2) is 18.2 Å². The van der Waals surface area contributed by atoms with Gasteiger partial charge in [-0.2, -0.15) is 9.65 Å². The first kappa shape index (κ1) is 14.1. The number of nitrogens with zero attached hydrogens (tertiary/aromatic N) is 3. The molecule has 18 heavy (non-hydrogen) atoms. The van der Waals surface area contributed by atoms with Crippen LogP contribution >= 0.6 is 0 Å². The number of rotatable bonds is 5. The van der Waals surface area contributed by atoms with Crippen molar-refractivity contribution in [3.8, 4) is 6.07 Å². The van der Waals surface area contributed by atoms with Crippen LogP contribution in [0, 0.1) is 33.2 Å². The molecule has 0 fully saturated rings. The highest BCUT2D eigenvalue weighted by molar-refractivity contribution is 5.34. The summed E-state index contributed by atoms with van der Waals surface area (Å²) < 4.78 is 13.4. The van der Waals surface area contributed by atoms with Crippen LogP contribution in [0.1, 0.15) is 12.5 Å². The lowest BCUT2D eigenvalue weighted by Crippen LogP contribution is -2.23. The first-order valence-electron chi connectivity index (χ1n) is 5.45. The topological polar surface area (TPSA) is 70.2 Å². The van der Waals surface area contributed by atoms with Gasteiger partial charge in [-0.1, -0.05) is 6.07 Å². The van der Waals surface area contributed by atoms with Crippen LogP contribution in [0.2, 0.25) is 0 Å². The predicted molar refractivity (Wildman–Crippen MR) is 64.2 cm³/mol. The summed E-state index contributed by atoms with van der Waals surface area (Å²) in [5, 5.41) is 19.1. The van der Waals surface area contributed by atoms with E-state index in [0.29, 0.717) is 18.7 Å². The molecule has 1 unspecified atom stereocenters. The van der Waals surface area contributed by atoms with Crippen molar-refractivity contribution >= 4 is 5.69 Å². The number of nitriles is 1. The lowest BCUT2D eigenvalue weighted by atomic mass is 10.1. The molecule has 0 aliphatic carbocycles. The fourth-order valence-corrected chi connectivity index (χ4v) is 1.68. The molecule has 96 valence electrons. The Morgan fingerprint density at radius 1 is 1.61 bits per heavy atom. The largest absolute Gasteiger partial charge is 0.304 e. The van der Waals surface area contributed by atoms with E-state index in [1.54, 1.807) is 6.92 Å². The minimum Gasteiger partial charge on any atom is -0.301 e. The molecule has 0 heterocycles. The third kappa shape index (κ3) is 3.79. The van der Waals surface area contributed by atoms with E-state index < -0.39 is 16.4 Å². The van der Waals surface area contributed by atoms with Crippen LogP contribution in [0.3, 0.4) is 0 Å². The van der Waals surface area contributed by atoms with Crippen LogP contribution in [-0.2, 0) is 6.54 Å². The van der Waals surface area contributed by atoms with Crippen molar-refractivity contribution < 1.29 is 9.31 Å². The molecule has 0 bridgehead atoms. The number of nitro groups is 1. The molecule has 0 aliphatic rings. The third-order valence-corrected chi connectivity index (χ3v) is 2.47. The molecule has 0 radical (unpaired) electrons. The van der Waals surface area contributed by atoms with Gasteiger partial charge in [-0.3, -0.25) is 10.1 Å². The van der Waals surface area contributed by atoms with Crippen molar-refractivity contribution in [2.45, 2.75) is 13.5 Å². The molecule has 0 saturated carbocycles. The maximum Gasteiger partial charge on any atom is 0.304 e. The van der Waals surface area contributed by atoms with Crippen molar-refractivity contribution in [2.75, 3.05) is 13.6 Å². The Kier molecular flexibility index (Phi) is 4.75. The van der Waals surface area contributed by atoms with Crippen molar-refractivity contribution in [3.63, 3.8) is 0 Å². The molecular weight excluding hydrogens is 237 g/mol. The van der Waals surface area contributed by atoms with Crippen LogP contribution in [0.25, 0.3) is 0 Å². The molecule has 0 aromatic heterocycles. The Hall–Kier alpha value is -2.00. The molecular formula is C12H14FN3O2. The van der Waals surface area contributed by atoms with Crippen LogP contribution in [-0.4, -0.2) is 23.4 Å². The van der Waals surface area contributed by atoms with Gasteiger partial charge in [0.1, 0.15) is 0 Å². The van der Waals surface area contributed by atoms with Gasteiger partial charge in [-0.15, -0.1) is 0 Å². The van der Waals surface area contributed by atoms with Gasteiger partial charge >= 0.3 is 5.69 Å². The normalized spacial score (nSPS) is 12.2. The number of halogens is 1. The van der Waals surface area contributed by atoms with E-state index in [2.05, 4.69) is 6.07 Å². The summed E-state index contributed by atoms with van der Waals surface area (Å²) in [4.78, 5) is 11.6. The minimum absolute atomic E-state index is 0.113. The molecule has 5 nitrogen and oxygen atoms in total. The highest BCUT2D eigenvalue weighted by Crippen LogP contribution is 2.18. The van der Waals surface area contributed by atoms with Gasteiger partial charge in [-0.05, 0) is 25.6 Å². The summed E-state index contributed by atoms with van der Waals surface area (Å²) in [5.41, 5.74) is 0.123. The lowest BCUT2D eigenvalue weighted by Gasteiger charge is -2.17. The van der Waals surface area contributed by atoms with Gasteiger partial charge in [0, 0.05) is 19.2 Å². The Morgan fingerprint density at radius 3 is 2.78 bits per heavy atom. The summed E-state index contributed by atoms with van der Waals surface area (Å²) in [7, 11) is 1.81. The second-order valence-corrected chi connectivity index (χ2v) is 4.27. The van der Waals surface area contributed by atoms with Crippen LogP contribution in [0.5, 0.6) is 0 Å².